The summed E-state index contributed by atoms with van der Waals surface area (Å²) in [7, 11) is 1.79. The molecule has 0 spiro atoms. The summed E-state index contributed by atoms with van der Waals surface area (Å²) in [4.78, 5) is 4.14. The molecular weight excluding hydrogens is 329 g/mol. The van der Waals surface area contributed by atoms with Crippen molar-refractivity contribution in [1.82, 2.24) is 10.6 Å². The maximum atomic E-state index is 5.55. The fraction of sp³-hybridized carbons (Fsp3) is 0.917. The first-order valence-corrected chi connectivity index (χ1v) is 6.27. The largest absolute Gasteiger partial charge is 0.381 e. The summed E-state index contributed by atoms with van der Waals surface area (Å²) in [5.41, 5.74) is 0. The normalized spacial score (nSPS) is 15.6. The fourth-order valence-electron chi connectivity index (χ4n) is 1.38. The van der Waals surface area contributed by atoms with E-state index in [1.165, 1.54) is 12.8 Å². The predicted octanol–water partition coefficient (Wildman–Crippen LogP) is 1.99. The zero-order valence-corrected chi connectivity index (χ0v) is 13.5. The van der Waals surface area contributed by atoms with Crippen LogP contribution in [0.2, 0.25) is 0 Å². The van der Waals surface area contributed by atoms with Gasteiger partial charge in [0, 0.05) is 32.8 Å². The van der Waals surface area contributed by atoms with Gasteiger partial charge >= 0.3 is 0 Å². The summed E-state index contributed by atoms with van der Waals surface area (Å²) in [6, 6.07) is 0.414. The monoisotopic (exact) mass is 355 g/mol. The third-order valence-corrected chi connectivity index (χ3v) is 2.46. The molecule has 102 valence electrons. The van der Waals surface area contributed by atoms with Gasteiger partial charge in [-0.25, -0.2) is 0 Å². The molecule has 0 bridgehead atoms. The molecule has 0 unspecified atom stereocenters. The third-order valence-electron chi connectivity index (χ3n) is 2.46. The lowest BCUT2D eigenvalue weighted by Gasteiger charge is -2.14. The minimum absolute atomic E-state index is 0. The predicted molar refractivity (Wildman–Crippen MR) is 83.2 cm³/mol. The van der Waals surface area contributed by atoms with Crippen LogP contribution in [-0.4, -0.2) is 38.8 Å². The molecule has 5 heteroatoms. The van der Waals surface area contributed by atoms with Gasteiger partial charge in [-0.05, 0) is 39.0 Å². The number of nitrogens with zero attached hydrogens (tertiary/aromatic N) is 1. The van der Waals surface area contributed by atoms with Crippen LogP contribution in [0.15, 0.2) is 4.99 Å². The molecule has 1 fully saturated rings. The highest BCUT2D eigenvalue weighted by Crippen LogP contribution is 2.28. The molecule has 0 saturated heterocycles. The van der Waals surface area contributed by atoms with Gasteiger partial charge < -0.3 is 15.4 Å². The summed E-state index contributed by atoms with van der Waals surface area (Å²) in [6.07, 6.45) is 3.76. The number of nitrogens with one attached hydrogen (secondary N) is 2. The molecule has 0 aliphatic heterocycles. The molecule has 0 amide bonds. The van der Waals surface area contributed by atoms with Crippen molar-refractivity contribution in [3.63, 3.8) is 0 Å². The first-order valence-electron chi connectivity index (χ1n) is 6.27. The molecule has 0 aromatic rings. The van der Waals surface area contributed by atoms with Gasteiger partial charge in [0.1, 0.15) is 0 Å². The lowest BCUT2D eigenvalue weighted by atomic mass is 10.4. The van der Waals surface area contributed by atoms with Crippen molar-refractivity contribution in [2.75, 3.05) is 26.8 Å². The average Bonchev–Trinajstić information content (AvgIpc) is 3.04. The summed E-state index contributed by atoms with van der Waals surface area (Å²) in [5, 5.41) is 6.51. The van der Waals surface area contributed by atoms with Crippen LogP contribution in [0.1, 0.15) is 33.1 Å². The van der Waals surface area contributed by atoms with Crippen LogP contribution in [0.25, 0.3) is 0 Å². The SMILES string of the molecule is CN=C(NCCCOCC1CC1)NC(C)C.I. The molecule has 1 aliphatic carbocycles. The Morgan fingerprint density at radius 2 is 2.12 bits per heavy atom. The Balaban J connectivity index is 0.00000256. The van der Waals surface area contributed by atoms with E-state index in [0.717, 1.165) is 38.1 Å². The number of hydrogen-bond acceptors (Lipinski definition) is 2. The molecule has 17 heavy (non-hydrogen) atoms. The van der Waals surface area contributed by atoms with E-state index < -0.39 is 0 Å². The molecule has 1 rings (SSSR count). The maximum absolute atomic E-state index is 5.55. The number of guanidine groups is 1. The van der Waals surface area contributed by atoms with Gasteiger partial charge in [-0.3, -0.25) is 4.99 Å². The molecule has 1 aliphatic rings. The van der Waals surface area contributed by atoms with Crippen molar-refractivity contribution in [3.05, 3.63) is 0 Å². The molecule has 0 heterocycles. The Hall–Kier alpha value is -0.0400. The van der Waals surface area contributed by atoms with Gasteiger partial charge in [0.25, 0.3) is 0 Å². The lowest BCUT2D eigenvalue weighted by molar-refractivity contribution is 0.123. The van der Waals surface area contributed by atoms with E-state index in [2.05, 4.69) is 29.5 Å². The van der Waals surface area contributed by atoms with E-state index in [-0.39, 0.29) is 24.0 Å². The molecule has 0 radical (unpaired) electrons. The van der Waals surface area contributed by atoms with E-state index in [1.54, 1.807) is 7.05 Å². The van der Waals surface area contributed by atoms with Crippen LogP contribution in [0.3, 0.4) is 0 Å². The lowest BCUT2D eigenvalue weighted by Crippen LogP contribution is -2.41. The van der Waals surface area contributed by atoms with Crippen LogP contribution in [0.5, 0.6) is 0 Å². The molecule has 0 aromatic carbocycles. The molecule has 0 atom stereocenters. The standard InChI is InChI=1S/C12H25N3O.HI/c1-10(2)15-12(13-3)14-7-4-8-16-9-11-5-6-11;/h10-11H,4-9H2,1-3H3,(H2,13,14,15);1H. The zero-order valence-electron chi connectivity index (χ0n) is 11.2. The Kier molecular flexibility index (Phi) is 9.91. The minimum Gasteiger partial charge on any atom is -0.381 e. The second kappa shape index (κ2) is 9.94. The summed E-state index contributed by atoms with van der Waals surface area (Å²) in [5.74, 6) is 1.74. The molecular formula is C12H26IN3O. The Labute approximate surface area is 122 Å². The minimum atomic E-state index is 0. The van der Waals surface area contributed by atoms with Gasteiger partial charge in [0.15, 0.2) is 5.96 Å². The summed E-state index contributed by atoms with van der Waals surface area (Å²) in [6.45, 7) is 6.93. The molecule has 4 nitrogen and oxygen atoms in total. The van der Waals surface area contributed by atoms with Crippen LogP contribution >= 0.6 is 24.0 Å². The molecule has 2 N–H and O–H groups in total. The van der Waals surface area contributed by atoms with E-state index >= 15 is 0 Å². The fourth-order valence-corrected chi connectivity index (χ4v) is 1.38. The van der Waals surface area contributed by atoms with Crippen molar-refractivity contribution >= 4 is 29.9 Å². The van der Waals surface area contributed by atoms with E-state index in [4.69, 9.17) is 4.74 Å². The summed E-state index contributed by atoms with van der Waals surface area (Å²) < 4.78 is 5.55. The Bertz CT molecular complexity index is 218. The van der Waals surface area contributed by atoms with Crippen LogP contribution in [0.4, 0.5) is 0 Å². The quantitative estimate of drug-likeness (QED) is 0.318. The van der Waals surface area contributed by atoms with Crippen molar-refractivity contribution in [2.24, 2.45) is 10.9 Å². The first kappa shape index (κ1) is 17.0. The highest BCUT2D eigenvalue weighted by molar-refractivity contribution is 14.0. The number of halogens is 1. The highest BCUT2D eigenvalue weighted by Gasteiger charge is 2.20. The van der Waals surface area contributed by atoms with Crippen molar-refractivity contribution in [1.29, 1.82) is 0 Å². The first-order chi connectivity index (χ1) is 7.72. The number of ether oxygens (including phenoxy) is 1. The van der Waals surface area contributed by atoms with Crippen LogP contribution in [-0.2, 0) is 4.74 Å². The number of hydrogen-bond donors (Lipinski definition) is 2. The van der Waals surface area contributed by atoms with E-state index in [0.29, 0.717) is 6.04 Å². The topological polar surface area (TPSA) is 45.7 Å². The van der Waals surface area contributed by atoms with Crippen molar-refractivity contribution in [3.8, 4) is 0 Å². The van der Waals surface area contributed by atoms with Gasteiger partial charge in [-0.2, -0.15) is 0 Å². The Morgan fingerprint density at radius 3 is 2.65 bits per heavy atom. The second-order valence-electron chi connectivity index (χ2n) is 4.67. The highest BCUT2D eigenvalue weighted by atomic mass is 127. The second-order valence-corrected chi connectivity index (χ2v) is 4.67. The van der Waals surface area contributed by atoms with Crippen molar-refractivity contribution in [2.45, 2.75) is 39.2 Å². The average molecular weight is 355 g/mol. The third kappa shape index (κ3) is 9.64. The van der Waals surface area contributed by atoms with Gasteiger partial charge in [-0.1, -0.05) is 0 Å². The van der Waals surface area contributed by atoms with Crippen molar-refractivity contribution < 1.29 is 4.74 Å². The Morgan fingerprint density at radius 1 is 1.41 bits per heavy atom. The summed E-state index contributed by atoms with van der Waals surface area (Å²) >= 11 is 0. The molecule has 1 saturated carbocycles. The van der Waals surface area contributed by atoms with Gasteiger partial charge in [0.2, 0.25) is 0 Å². The van der Waals surface area contributed by atoms with E-state index in [1.807, 2.05) is 0 Å². The maximum Gasteiger partial charge on any atom is 0.191 e. The molecule has 0 aromatic heterocycles. The van der Waals surface area contributed by atoms with E-state index in [9.17, 15) is 0 Å². The zero-order chi connectivity index (χ0) is 11.8. The number of rotatable bonds is 7. The van der Waals surface area contributed by atoms with Gasteiger partial charge in [-0.15, -0.1) is 24.0 Å². The van der Waals surface area contributed by atoms with Crippen LogP contribution in [0, 0.1) is 5.92 Å². The smallest absolute Gasteiger partial charge is 0.191 e. The van der Waals surface area contributed by atoms with Crippen LogP contribution < -0.4 is 10.6 Å². The number of aliphatic imine (C=N–C) groups is 1. The van der Waals surface area contributed by atoms with Gasteiger partial charge in [0.05, 0.1) is 0 Å².